The molecule has 4 heteroatoms. The van der Waals surface area contributed by atoms with Crippen molar-refractivity contribution >= 4 is 6.09 Å². The Bertz CT molecular complexity index is 406. The number of carbonyl (C=O) groups is 1. The molecule has 23 heavy (non-hydrogen) atoms. The molecule has 0 aromatic rings. The monoisotopic (exact) mass is 324 g/mol. The topological polar surface area (TPSA) is 32.8 Å². The lowest BCUT2D eigenvalue weighted by Crippen LogP contribution is -2.58. The molecule has 2 saturated heterocycles. The first-order valence-corrected chi connectivity index (χ1v) is 9.34. The molecule has 0 aliphatic carbocycles. The summed E-state index contributed by atoms with van der Waals surface area (Å²) in [7, 11) is 0. The Labute approximate surface area is 142 Å². The molecule has 2 fully saturated rings. The summed E-state index contributed by atoms with van der Waals surface area (Å²) in [4.78, 5) is 16.9. The molecule has 1 amide bonds. The quantitative estimate of drug-likeness (QED) is 0.765. The van der Waals surface area contributed by atoms with E-state index in [1.165, 1.54) is 32.4 Å². The molecule has 1 atom stereocenters. The van der Waals surface area contributed by atoms with E-state index in [2.05, 4.69) is 25.7 Å². The van der Waals surface area contributed by atoms with Crippen LogP contribution in [0.1, 0.15) is 67.2 Å². The van der Waals surface area contributed by atoms with E-state index in [0.29, 0.717) is 6.04 Å². The van der Waals surface area contributed by atoms with Crippen LogP contribution in [0.15, 0.2) is 0 Å². The summed E-state index contributed by atoms with van der Waals surface area (Å²) >= 11 is 0. The van der Waals surface area contributed by atoms with E-state index in [-0.39, 0.29) is 11.5 Å². The van der Waals surface area contributed by atoms with Crippen LogP contribution in [0.5, 0.6) is 0 Å². The predicted octanol–water partition coefficient (Wildman–Crippen LogP) is 4.14. The molecule has 0 aromatic carbocycles. The molecular weight excluding hydrogens is 288 g/mol. The molecule has 134 valence electrons. The number of piperidine rings is 2. The number of nitrogens with zero attached hydrogens (tertiary/aromatic N) is 2. The van der Waals surface area contributed by atoms with Gasteiger partial charge in [-0.2, -0.15) is 0 Å². The van der Waals surface area contributed by atoms with Gasteiger partial charge in [0.2, 0.25) is 0 Å². The number of hydrogen-bond acceptors (Lipinski definition) is 3. The van der Waals surface area contributed by atoms with E-state index in [4.69, 9.17) is 4.74 Å². The van der Waals surface area contributed by atoms with Gasteiger partial charge in [-0.1, -0.05) is 27.2 Å². The Morgan fingerprint density at radius 3 is 2.22 bits per heavy atom. The molecule has 2 aliphatic rings. The average Bonchev–Trinajstić information content (AvgIpc) is 2.44. The van der Waals surface area contributed by atoms with Crippen LogP contribution in [0.4, 0.5) is 4.79 Å². The minimum Gasteiger partial charge on any atom is -0.444 e. The average molecular weight is 325 g/mol. The molecule has 4 nitrogen and oxygen atoms in total. The number of ether oxygens (including phenoxy) is 1. The Hall–Kier alpha value is -0.770. The van der Waals surface area contributed by atoms with Crippen LogP contribution in [0.25, 0.3) is 0 Å². The molecule has 2 heterocycles. The van der Waals surface area contributed by atoms with Gasteiger partial charge in [0.1, 0.15) is 5.60 Å². The van der Waals surface area contributed by atoms with E-state index >= 15 is 0 Å². The van der Waals surface area contributed by atoms with Crippen molar-refractivity contribution in [2.24, 2.45) is 11.3 Å². The van der Waals surface area contributed by atoms with Gasteiger partial charge in [0, 0.05) is 19.1 Å². The first-order valence-electron chi connectivity index (χ1n) is 9.34. The Morgan fingerprint density at radius 2 is 1.74 bits per heavy atom. The van der Waals surface area contributed by atoms with Crippen LogP contribution in [0, 0.1) is 11.3 Å². The smallest absolute Gasteiger partial charge is 0.410 e. The van der Waals surface area contributed by atoms with Crippen molar-refractivity contribution in [2.45, 2.75) is 78.9 Å². The van der Waals surface area contributed by atoms with Crippen molar-refractivity contribution < 1.29 is 9.53 Å². The van der Waals surface area contributed by atoms with Crippen LogP contribution >= 0.6 is 0 Å². The highest BCUT2D eigenvalue weighted by Gasteiger charge is 2.42. The zero-order chi connectivity index (χ0) is 17.3. The van der Waals surface area contributed by atoms with Crippen molar-refractivity contribution in [3.05, 3.63) is 0 Å². The summed E-state index contributed by atoms with van der Waals surface area (Å²) in [6, 6.07) is 0.582. The third-order valence-electron chi connectivity index (χ3n) is 5.49. The number of carbonyl (C=O) groups excluding carboxylic acids is 1. The van der Waals surface area contributed by atoms with Gasteiger partial charge in [-0.25, -0.2) is 4.79 Å². The highest BCUT2D eigenvalue weighted by molar-refractivity contribution is 5.68. The third kappa shape index (κ3) is 4.85. The molecule has 0 aromatic heterocycles. The van der Waals surface area contributed by atoms with E-state index in [9.17, 15) is 4.79 Å². The summed E-state index contributed by atoms with van der Waals surface area (Å²) in [6.45, 7) is 16.8. The van der Waals surface area contributed by atoms with Gasteiger partial charge in [0.15, 0.2) is 0 Å². The number of rotatable bonds is 2. The molecule has 0 saturated carbocycles. The molecule has 0 N–H and O–H groups in total. The lowest BCUT2D eigenvalue weighted by atomic mass is 9.77. The van der Waals surface area contributed by atoms with Crippen LogP contribution in [0.3, 0.4) is 0 Å². The minimum absolute atomic E-state index is 0.119. The van der Waals surface area contributed by atoms with Gasteiger partial charge in [-0.3, -0.25) is 4.90 Å². The number of hydrogen-bond donors (Lipinski definition) is 0. The largest absolute Gasteiger partial charge is 0.444 e. The standard InChI is InChI=1S/C19H36N2O2/c1-7-15-8-11-20(12-9-15)16-10-13-21(14-19(16,5)6)17(22)23-18(2,3)4/h15-16H,7-14H2,1-6H3. The van der Waals surface area contributed by atoms with Crippen LogP contribution in [-0.4, -0.2) is 53.7 Å². The normalized spacial score (nSPS) is 27.0. The second-order valence-corrected chi connectivity index (χ2v) is 9.08. The maximum absolute atomic E-state index is 12.4. The lowest BCUT2D eigenvalue weighted by molar-refractivity contribution is -0.0274. The zero-order valence-corrected chi connectivity index (χ0v) is 16.0. The first kappa shape index (κ1) is 18.6. The molecule has 0 radical (unpaired) electrons. The highest BCUT2D eigenvalue weighted by Crippen LogP contribution is 2.36. The van der Waals surface area contributed by atoms with Gasteiger partial charge in [-0.05, 0) is 64.5 Å². The van der Waals surface area contributed by atoms with Crippen LogP contribution < -0.4 is 0 Å². The second kappa shape index (κ2) is 7.00. The predicted molar refractivity (Wildman–Crippen MR) is 94.6 cm³/mol. The van der Waals surface area contributed by atoms with Crippen LogP contribution in [0.2, 0.25) is 0 Å². The molecule has 2 aliphatic heterocycles. The van der Waals surface area contributed by atoms with Crippen molar-refractivity contribution in [1.29, 1.82) is 0 Å². The molecule has 0 bridgehead atoms. The van der Waals surface area contributed by atoms with Crippen molar-refractivity contribution in [1.82, 2.24) is 9.80 Å². The summed E-state index contributed by atoms with van der Waals surface area (Å²) in [5.41, 5.74) is -0.297. The summed E-state index contributed by atoms with van der Waals surface area (Å²) in [6.07, 6.45) is 4.88. The second-order valence-electron chi connectivity index (χ2n) is 9.08. The van der Waals surface area contributed by atoms with Crippen molar-refractivity contribution in [3.63, 3.8) is 0 Å². The number of amides is 1. The van der Waals surface area contributed by atoms with E-state index in [1.54, 1.807) is 0 Å². The molecular formula is C19H36N2O2. The van der Waals surface area contributed by atoms with Crippen molar-refractivity contribution in [3.8, 4) is 0 Å². The maximum atomic E-state index is 12.4. The van der Waals surface area contributed by atoms with Gasteiger partial charge >= 0.3 is 6.09 Å². The van der Waals surface area contributed by atoms with Crippen molar-refractivity contribution in [2.75, 3.05) is 26.2 Å². The fourth-order valence-electron chi connectivity index (χ4n) is 4.18. The summed E-state index contributed by atoms with van der Waals surface area (Å²) in [5, 5.41) is 0. The Balaban J connectivity index is 1.94. The Morgan fingerprint density at radius 1 is 1.13 bits per heavy atom. The number of likely N-dealkylation sites (tertiary alicyclic amines) is 2. The maximum Gasteiger partial charge on any atom is 0.410 e. The molecule has 2 rings (SSSR count). The Kier molecular flexibility index (Phi) is 5.65. The van der Waals surface area contributed by atoms with Gasteiger partial charge in [0.25, 0.3) is 0 Å². The highest BCUT2D eigenvalue weighted by atomic mass is 16.6. The van der Waals surface area contributed by atoms with E-state index in [0.717, 1.165) is 25.4 Å². The van der Waals surface area contributed by atoms with E-state index < -0.39 is 5.60 Å². The fourth-order valence-corrected chi connectivity index (χ4v) is 4.18. The van der Waals surface area contributed by atoms with Gasteiger partial charge in [0.05, 0.1) is 0 Å². The minimum atomic E-state index is -0.417. The lowest BCUT2D eigenvalue weighted by Gasteiger charge is -2.50. The summed E-state index contributed by atoms with van der Waals surface area (Å²) < 4.78 is 5.55. The molecule has 1 unspecified atom stereocenters. The fraction of sp³-hybridized carbons (Fsp3) is 0.947. The third-order valence-corrected chi connectivity index (χ3v) is 5.49. The van der Waals surface area contributed by atoms with Crippen LogP contribution in [-0.2, 0) is 4.74 Å². The SMILES string of the molecule is CCC1CCN(C2CCN(C(=O)OC(C)(C)C)CC2(C)C)CC1. The molecule has 0 spiro atoms. The van der Waals surface area contributed by atoms with Gasteiger partial charge < -0.3 is 9.64 Å². The first-order chi connectivity index (χ1) is 10.6. The van der Waals surface area contributed by atoms with E-state index in [1.807, 2.05) is 25.7 Å². The zero-order valence-electron chi connectivity index (χ0n) is 16.0. The van der Waals surface area contributed by atoms with Gasteiger partial charge in [-0.15, -0.1) is 0 Å². The summed E-state index contributed by atoms with van der Waals surface area (Å²) in [5.74, 6) is 0.913.